The topological polar surface area (TPSA) is 161 Å². The predicted octanol–water partition coefficient (Wildman–Crippen LogP) is -1.61. The van der Waals surface area contributed by atoms with E-state index in [1.165, 1.54) is 6.33 Å². The molecule has 8 heteroatoms. The van der Waals surface area contributed by atoms with Gasteiger partial charge in [0.05, 0.1) is 6.33 Å². The molecule has 0 bridgehead atoms. The zero-order valence-electron chi connectivity index (χ0n) is 7.88. The van der Waals surface area contributed by atoms with E-state index in [1.54, 1.807) is 6.20 Å². The van der Waals surface area contributed by atoms with Crippen LogP contribution in [0, 0.1) is 0 Å². The number of rotatable bonds is 3. The summed E-state index contributed by atoms with van der Waals surface area (Å²) in [6.45, 7) is 0. The van der Waals surface area contributed by atoms with Crippen molar-refractivity contribution in [2.24, 2.45) is 17.2 Å². The summed E-state index contributed by atoms with van der Waals surface area (Å²) in [6, 6.07) is -1.68. The van der Waals surface area contributed by atoms with Gasteiger partial charge >= 0.3 is 12.0 Å². The predicted molar refractivity (Wildman–Crippen MR) is 51.7 cm³/mol. The van der Waals surface area contributed by atoms with Gasteiger partial charge in [-0.05, 0) is 0 Å². The summed E-state index contributed by atoms with van der Waals surface area (Å²) >= 11 is 0. The Balaban J connectivity index is 0.000000423. The zero-order valence-corrected chi connectivity index (χ0v) is 7.88. The van der Waals surface area contributed by atoms with Crippen LogP contribution in [0.1, 0.15) is 5.69 Å². The number of carbonyl (C=O) groups excluding carboxylic acids is 1. The minimum absolute atomic E-state index is 0.287. The highest BCUT2D eigenvalue weighted by atomic mass is 16.4. The number of aromatic nitrogens is 2. The Labute approximate surface area is 85.5 Å². The number of nitrogens with one attached hydrogen (secondary N) is 1. The summed E-state index contributed by atoms with van der Waals surface area (Å²) in [6.07, 6.45) is 3.34. The molecule has 15 heavy (non-hydrogen) atoms. The standard InChI is InChI=1S/C6H9N3O2.CH4N2O/c7-5(6(10)11)1-4-2-8-3-9-4;2-1(3)4/h2-3,5H,1,7H2,(H,8,9)(H,10,11);(H4,2,3,4)/t5-;/m0./s1. The molecular formula is C7H13N5O3. The maximum absolute atomic E-state index is 10.3. The van der Waals surface area contributed by atoms with E-state index in [-0.39, 0.29) is 6.42 Å². The van der Waals surface area contributed by atoms with Crippen molar-refractivity contribution >= 4 is 12.0 Å². The molecule has 2 amide bonds. The highest BCUT2D eigenvalue weighted by Crippen LogP contribution is 1.95. The zero-order chi connectivity index (χ0) is 11.8. The van der Waals surface area contributed by atoms with E-state index in [0.717, 1.165) is 5.69 Å². The molecule has 0 aromatic carbocycles. The van der Waals surface area contributed by atoms with Crippen LogP contribution in [0.2, 0.25) is 0 Å². The van der Waals surface area contributed by atoms with Crippen molar-refractivity contribution in [3.8, 4) is 0 Å². The lowest BCUT2D eigenvalue weighted by Gasteiger charge is -2.02. The van der Waals surface area contributed by atoms with Crippen molar-refractivity contribution < 1.29 is 14.7 Å². The molecule has 0 fully saturated rings. The number of primary amides is 2. The maximum Gasteiger partial charge on any atom is 0.320 e. The van der Waals surface area contributed by atoms with Gasteiger partial charge in [0, 0.05) is 18.3 Å². The van der Waals surface area contributed by atoms with Gasteiger partial charge in [0.2, 0.25) is 0 Å². The van der Waals surface area contributed by atoms with E-state index in [2.05, 4.69) is 21.4 Å². The quantitative estimate of drug-likeness (QED) is 0.409. The molecule has 1 heterocycles. The number of carboxylic acid groups (broad SMARTS) is 1. The van der Waals surface area contributed by atoms with Crippen LogP contribution in [-0.4, -0.2) is 33.1 Å². The third kappa shape index (κ3) is 7.02. The highest BCUT2D eigenvalue weighted by Gasteiger charge is 2.11. The summed E-state index contributed by atoms with van der Waals surface area (Å²) in [5.74, 6) is -1.00. The highest BCUT2D eigenvalue weighted by molar-refractivity contribution is 5.73. The first-order chi connectivity index (χ1) is 6.93. The fraction of sp³-hybridized carbons (Fsp3) is 0.286. The van der Waals surface area contributed by atoms with Crippen molar-refractivity contribution in [1.29, 1.82) is 0 Å². The van der Waals surface area contributed by atoms with Crippen LogP contribution >= 0.6 is 0 Å². The molecule has 0 unspecified atom stereocenters. The van der Waals surface area contributed by atoms with Gasteiger partial charge in [0.15, 0.2) is 0 Å². The summed E-state index contributed by atoms with van der Waals surface area (Å²) in [7, 11) is 0. The molecule has 8 nitrogen and oxygen atoms in total. The number of aromatic amines is 1. The van der Waals surface area contributed by atoms with Gasteiger partial charge in [0.1, 0.15) is 6.04 Å². The molecule has 0 aliphatic rings. The first-order valence-corrected chi connectivity index (χ1v) is 3.94. The van der Waals surface area contributed by atoms with E-state index < -0.39 is 18.0 Å². The number of carboxylic acids is 1. The maximum atomic E-state index is 10.3. The molecule has 0 spiro atoms. The smallest absolute Gasteiger partial charge is 0.320 e. The lowest BCUT2D eigenvalue weighted by Crippen LogP contribution is -2.32. The van der Waals surface area contributed by atoms with Crippen molar-refractivity contribution in [1.82, 2.24) is 9.97 Å². The molecular weight excluding hydrogens is 202 g/mol. The Bertz CT molecular complexity index is 306. The first-order valence-electron chi connectivity index (χ1n) is 3.94. The number of H-pyrrole nitrogens is 1. The van der Waals surface area contributed by atoms with E-state index >= 15 is 0 Å². The molecule has 1 rings (SSSR count). The summed E-state index contributed by atoms with van der Waals surface area (Å²) < 4.78 is 0. The Morgan fingerprint density at radius 3 is 2.40 bits per heavy atom. The second kappa shape index (κ2) is 6.38. The van der Waals surface area contributed by atoms with Crippen molar-refractivity contribution in [2.75, 3.05) is 0 Å². The molecule has 1 atom stereocenters. The Hall–Kier alpha value is -2.09. The Kier molecular flexibility index (Phi) is 5.49. The average Bonchev–Trinajstić information content (AvgIpc) is 2.55. The normalized spacial score (nSPS) is 11.0. The summed E-state index contributed by atoms with van der Waals surface area (Å²) in [5, 5.41) is 8.42. The molecule has 84 valence electrons. The number of hydrogen-bond donors (Lipinski definition) is 5. The first kappa shape index (κ1) is 12.9. The Morgan fingerprint density at radius 1 is 1.53 bits per heavy atom. The molecule has 0 aliphatic heterocycles. The van der Waals surface area contributed by atoms with Crippen LogP contribution in [0.5, 0.6) is 0 Å². The number of nitrogens with two attached hydrogens (primary N) is 3. The second-order valence-corrected chi connectivity index (χ2v) is 2.63. The summed E-state index contributed by atoms with van der Waals surface area (Å²) in [5.41, 5.74) is 14.5. The number of aliphatic carboxylic acids is 1. The van der Waals surface area contributed by atoms with Crippen LogP contribution in [0.25, 0.3) is 0 Å². The SMILES string of the molecule is NC(N)=O.N[C@@H](Cc1cnc[nH]1)C(=O)O. The number of carbonyl (C=O) groups is 2. The van der Waals surface area contributed by atoms with E-state index in [9.17, 15) is 4.79 Å². The molecule has 1 aromatic heterocycles. The lowest BCUT2D eigenvalue weighted by atomic mass is 10.2. The lowest BCUT2D eigenvalue weighted by molar-refractivity contribution is -0.138. The van der Waals surface area contributed by atoms with Crippen molar-refractivity contribution in [2.45, 2.75) is 12.5 Å². The number of imidazole rings is 1. The third-order valence-corrected chi connectivity index (χ3v) is 1.31. The minimum Gasteiger partial charge on any atom is -0.480 e. The Morgan fingerprint density at radius 2 is 2.07 bits per heavy atom. The molecule has 1 aromatic rings. The molecule has 0 radical (unpaired) electrons. The van der Waals surface area contributed by atoms with Crippen LogP contribution in [0.15, 0.2) is 12.5 Å². The van der Waals surface area contributed by atoms with Gasteiger partial charge < -0.3 is 27.3 Å². The second-order valence-electron chi connectivity index (χ2n) is 2.63. The largest absolute Gasteiger partial charge is 0.480 e. The number of amides is 2. The van der Waals surface area contributed by atoms with Crippen LogP contribution in [0.3, 0.4) is 0 Å². The van der Waals surface area contributed by atoms with E-state index in [4.69, 9.17) is 15.6 Å². The van der Waals surface area contributed by atoms with Gasteiger partial charge in [-0.25, -0.2) is 9.78 Å². The minimum atomic E-state index is -1.00. The summed E-state index contributed by atoms with van der Waals surface area (Å²) in [4.78, 5) is 25.8. The van der Waals surface area contributed by atoms with Crippen LogP contribution in [0.4, 0.5) is 4.79 Å². The van der Waals surface area contributed by atoms with Crippen molar-refractivity contribution in [3.63, 3.8) is 0 Å². The van der Waals surface area contributed by atoms with Gasteiger partial charge in [-0.1, -0.05) is 0 Å². The molecule has 0 saturated heterocycles. The van der Waals surface area contributed by atoms with Crippen LogP contribution < -0.4 is 17.2 Å². The van der Waals surface area contributed by atoms with Gasteiger partial charge in [-0.3, -0.25) is 4.79 Å². The van der Waals surface area contributed by atoms with Crippen molar-refractivity contribution in [3.05, 3.63) is 18.2 Å². The van der Waals surface area contributed by atoms with Gasteiger partial charge in [-0.2, -0.15) is 0 Å². The van der Waals surface area contributed by atoms with E-state index in [1.807, 2.05) is 0 Å². The monoisotopic (exact) mass is 215 g/mol. The number of urea groups is 1. The molecule has 0 saturated carbocycles. The van der Waals surface area contributed by atoms with Crippen LogP contribution in [-0.2, 0) is 11.2 Å². The number of hydrogen-bond acceptors (Lipinski definition) is 4. The fourth-order valence-electron chi connectivity index (χ4n) is 0.721. The molecule has 8 N–H and O–H groups in total. The number of nitrogens with zero attached hydrogens (tertiary/aromatic N) is 1. The average molecular weight is 215 g/mol. The fourth-order valence-corrected chi connectivity index (χ4v) is 0.721. The van der Waals surface area contributed by atoms with E-state index in [0.29, 0.717) is 0 Å². The van der Waals surface area contributed by atoms with Gasteiger partial charge in [0.25, 0.3) is 0 Å². The van der Waals surface area contributed by atoms with Gasteiger partial charge in [-0.15, -0.1) is 0 Å². The third-order valence-electron chi connectivity index (χ3n) is 1.31. The molecule has 0 aliphatic carbocycles.